The monoisotopic (exact) mass is 485 g/mol. The Labute approximate surface area is 218 Å². The largest absolute Gasteiger partial charge is 1.00 e. The van der Waals surface area contributed by atoms with Crippen LogP contribution in [0.4, 0.5) is 0 Å². The van der Waals surface area contributed by atoms with E-state index in [-0.39, 0.29) is 33.0 Å². The Hall–Kier alpha value is -1.17. The van der Waals surface area contributed by atoms with Crippen LogP contribution in [0.3, 0.4) is 0 Å². The van der Waals surface area contributed by atoms with E-state index in [9.17, 15) is 4.79 Å². The molecule has 2 aromatic carbocycles. The van der Waals surface area contributed by atoms with Gasteiger partial charge >= 0.3 is 18.9 Å². The molecule has 0 aliphatic carbocycles. The molecule has 0 fully saturated rings. The summed E-state index contributed by atoms with van der Waals surface area (Å²) in [5.74, 6) is 2.04. The average Bonchev–Trinajstić information content (AvgIpc) is 2.76. The number of ether oxygens (including phenoxy) is 3. The maximum absolute atomic E-state index is 13.3. The number of aryl methyl sites for hydroxylation is 1. The Morgan fingerprint density at radius 2 is 1.39 bits per heavy atom. The van der Waals surface area contributed by atoms with E-state index in [1.807, 2.05) is 31.2 Å². The Bertz CT molecular complexity index is 824. The third kappa shape index (κ3) is 9.54. The molecule has 4 nitrogen and oxygen atoms in total. The van der Waals surface area contributed by atoms with Crippen LogP contribution in [0.5, 0.6) is 17.2 Å². The van der Waals surface area contributed by atoms with Crippen LogP contribution >= 0.6 is 20.2 Å². The summed E-state index contributed by atoms with van der Waals surface area (Å²) in [5.41, 5.74) is 1.42. The number of unbranched alkanes of at least 4 members (excludes halogenated alkanes) is 3. The molecule has 0 aliphatic rings. The van der Waals surface area contributed by atoms with Crippen LogP contribution in [0, 0.1) is 6.92 Å². The fourth-order valence-corrected chi connectivity index (χ4v) is 4.69. The second kappa shape index (κ2) is 16.5. The van der Waals surface area contributed by atoms with Crippen LogP contribution in [0.25, 0.3) is 0 Å². The van der Waals surface area contributed by atoms with Crippen LogP contribution in [-0.4, -0.2) is 25.3 Å². The van der Waals surface area contributed by atoms with Crippen molar-refractivity contribution >= 4 is 31.0 Å². The van der Waals surface area contributed by atoms with Gasteiger partial charge in [-0.25, -0.2) is 0 Å². The zero-order chi connectivity index (χ0) is 23.3. The first kappa shape index (κ1) is 29.9. The summed E-state index contributed by atoms with van der Waals surface area (Å²) in [6.07, 6.45) is 5.97. The van der Waals surface area contributed by atoms with E-state index in [2.05, 4.69) is 20.8 Å². The minimum atomic E-state index is -0.160. The molecule has 0 amide bonds. The molecule has 7 heteroatoms. The topological polar surface area (TPSA) is 44.8 Å². The zero-order valence-electron chi connectivity index (χ0n) is 20.8. The predicted molar refractivity (Wildman–Crippen MR) is 136 cm³/mol. The van der Waals surface area contributed by atoms with Crippen molar-refractivity contribution in [2.75, 3.05) is 19.8 Å². The summed E-state index contributed by atoms with van der Waals surface area (Å²) in [7, 11) is -0.160. The first-order valence-electron chi connectivity index (χ1n) is 11.6. The van der Waals surface area contributed by atoms with Gasteiger partial charge in [0.25, 0.3) is 0 Å². The predicted octanol–water partition coefficient (Wildman–Crippen LogP) is 4.33. The molecule has 0 saturated carbocycles. The van der Waals surface area contributed by atoms with Crippen molar-refractivity contribution in [1.82, 2.24) is 0 Å². The van der Waals surface area contributed by atoms with E-state index in [0.29, 0.717) is 47.7 Å². The fourth-order valence-electron chi connectivity index (χ4n) is 3.08. The maximum atomic E-state index is 13.3. The quantitative estimate of drug-likeness (QED) is 0.214. The van der Waals surface area contributed by atoms with Gasteiger partial charge in [0.05, 0.1) is 30.1 Å². The van der Waals surface area contributed by atoms with Crippen LogP contribution in [0.15, 0.2) is 30.3 Å². The first-order chi connectivity index (χ1) is 15.5. The number of carbonyl (C=O) groups is 1. The van der Waals surface area contributed by atoms with Crippen molar-refractivity contribution in [2.24, 2.45) is 0 Å². The molecule has 2 rings (SSSR count). The van der Waals surface area contributed by atoms with Gasteiger partial charge in [-0.05, 0) is 46.4 Å². The van der Waals surface area contributed by atoms with E-state index in [0.717, 1.165) is 49.4 Å². The number of hydrogen-bond acceptors (Lipinski definition) is 4. The van der Waals surface area contributed by atoms with Crippen molar-refractivity contribution in [3.05, 3.63) is 46.5 Å². The Balaban J connectivity index is 0.00000544. The summed E-state index contributed by atoms with van der Waals surface area (Å²) in [6, 6.07) is 9.32. The molecule has 2 aromatic rings. The molecule has 1 atom stereocenters. The molecule has 0 saturated heterocycles. The van der Waals surface area contributed by atoms with Gasteiger partial charge in [0, 0.05) is 17.7 Å². The third-order valence-corrected chi connectivity index (χ3v) is 6.54. The number of rotatable bonds is 15. The summed E-state index contributed by atoms with van der Waals surface area (Å²) in [4.78, 5) is 13.3. The van der Waals surface area contributed by atoms with Crippen molar-refractivity contribution in [3.63, 3.8) is 0 Å². The smallest absolute Gasteiger partial charge is 0.493 e. The maximum Gasteiger partial charge on any atom is 1.00 e. The standard InChI is InChI=1S/C26H36ClO4P.Li/c1-5-8-14-29-20-17-22(30-15-9-6-2)25(23(18-20)31-16-10-7-3)32-26(28)24-19(4)12-11-13-21(24)27;/h11-13,17-18,32H,5-10,14-16H2,1-4H3;/q;+1. The van der Waals surface area contributed by atoms with Crippen molar-refractivity contribution < 1.29 is 37.9 Å². The molecule has 0 aromatic heterocycles. The van der Waals surface area contributed by atoms with Crippen molar-refractivity contribution in [3.8, 4) is 17.2 Å². The second-order valence-electron chi connectivity index (χ2n) is 7.79. The minimum absolute atomic E-state index is 0. The number of benzene rings is 2. The molecule has 1 unspecified atom stereocenters. The normalized spacial score (nSPS) is 10.8. The minimum Gasteiger partial charge on any atom is -0.493 e. The molecule has 0 radical (unpaired) electrons. The van der Waals surface area contributed by atoms with Crippen LogP contribution in [0.2, 0.25) is 5.02 Å². The molecule has 0 spiro atoms. The Morgan fingerprint density at radius 3 is 1.88 bits per heavy atom. The van der Waals surface area contributed by atoms with Crippen molar-refractivity contribution in [1.29, 1.82) is 0 Å². The van der Waals surface area contributed by atoms with Gasteiger partial charge in [-0.15, -0.1) is 0 Å². The third-order valence-electron chi connectivity index (χ3n) is 5.00. The second-order valence-corrected chi connectivity index (χ2v) is 9.40. The van der Waals surface area contributed by atoms with Crippen LogP contribution in [0.1, 0.15) is 75.2 Å². The van der Waals surface area contributed by atoms with Crippen LogP contribution in [-0.2, 0) is 0 Å². The Kier molecular flexibility index (Phi) is 14.9. The van der Waals surface area contributed by atoms with E-state index in [4.69, 9.17) is 25.8 Å². The van der Waals surface area contributed by atoms with Gasteiger partial charge < -0.3 is 14.2 Å². The summed E-state index contributed by atoms with van der Waals surface area (Å²) >= 11 is 6.37. The van der Waals surface area contributed by atoms with E-state index < -0.39 is 0 Å². The van der Waals surface area contributed by atoms with Crippen LogP contribution < -0.4 is 38.4 Å². The molecule has 0 N–H and O–H groups in total. The number of carbonyl (C=O) groups excluding carboxylic acids is 1. The van der Waals surface area contributed by atoms with Gasteiger partial charge in [-0.1, -0.05) is 63.8 Å². The summed E-state index contributed by atoms with van der Waals surface area (Å²) < 4.78 is 18.2. The molecule has 33 heavy (non-hydrogen) atoms. The Morgan fingerprint density at radius 1 is 0.879 bits per heavy atom. The van der Waals surface area contributed by atoms with E-state index in [1.54, 1.807) is 6.07 Å². The average molecular weight is 486 g/mol. The molecular formula is C26H36ClLiO4P+. The molecule has 0 aliphatic heterocycles. The zero-order valence-corrected chi connectivity index (χ0v) is 22.5. The summed E-state index contributed by atoms with van der Waals surface area (Å²) in [5, 5.41) is 1.26. The first-order valence-corrected chi connectivity index (χ1v) is 13.0. The van der Waals surface area contributed by atoms with Gasteiger partial charge in [0.2, 0.25) is 0 Å². The molecule has 176 valence electrons. The van der Waals surface area contributed by atoms with Gasteiger partial charge in [0.1, 0.15) is 17.2 Å². The van der Waals surface area contributed by atoms with E-state index in [1.165, 1.54) is 0 Å². The number of halogens is 1. The van der Waals surface area contributed by atoms with Gasteiger partial charge in [-0.3, -0.25) is 4.79 Å². The van der Waals surface area contributed by atoms with Gasteiger partial charge in [0.15, 0.2) is 5.52 Å². The van der Waals surface area contributed by atoms with E-state index >= 15 is 0 Å². The van der Waals surface area contributed by atoms with Crippen molar-refractivity contribution in [2.45, 2.75) is 66.2 Å². The molecule has 0 heterocycles. The number of hydrogen-bond donors (Lipinski definition) is 0. The SMILES string of the molecule is CCCCOc1cc(OCCCC)c(PC(=O)c2c(C)cccc2Cl)c(OCCCC)c1.[Li+]. The van der Waals surface area contributed by atoms with Gasteiger partial charge in [-0.2, -0.15) is 0 Å². The summed E-state index contributed by atoms with van der Waals surface area (Å²) in [6.45, 7) is 10.1. The fraction of sp³-hybridized carbons (Fsp3) is 0.500. The molecule has 0 bridgehead atoms. The molecular weight excluding hydrogens is 450 g/mol.